The Kier molecular flexibility index (Phi) is 1.69. The summed E-state index contributed by atoms with van der Waals surface area (Å²) in [4.78, 5) is 15.2. The van der Waals surface area contributed by atoms with Crippen LogP contribution in [0.1, 0.15) is 0 Å². The van der Waals surface area contributed by atoms with Gasteiger partial charge in [0.1, 0.15) is 6.61 Å². The van der Waals surface area contributed by atoms with E-state index in [1.54, 1.807) is 0 Å². The summed E-state index contributed by atoms with van der Waals surface area (Å²) in [6, 6.07) is 0. The largest absolute Gasteiger partial charge is 0.466 e. The van der Waals surface area contributed by atoms with Crippen molar-refractivity contribution >= 4 is 5.97 Å². The number of hydroxylamine groups is 1. The molecule has 0 aliphatic carbocycles. The van der Waals surface area contributed by atoms with Crippen LogP contribution >= 0.6 is 0 Å². The fraction of sp³-hybridized carbons (Fsp3) is 0.400. The third kappa shape index (κ3) is 1.20. The van der Waals surface area contributed by atoms with E-state index < -0.39 is 0 Å². The monoisotopic (exact) mass is 129 g/mol. The standard InChI is InChI=1S/C5H7NO3/c1-8-5(7)4-2-6-9-3-4/h2,6H,3H2,1H3. The van der Waals surface area contributed by atoms with Crippen molar-refractivity contribution in [3.05, 3.63) is 11.8 Å². The molecule has 50 valence electrons. The molecule has 0 radical (unpaired) electrons. The van der Waals surface area contributed by atoms with Crippen LogP contribution in [0.5, 0.6) is 0 Å². The van der Waals surface area contributed by atoms with Crippen molar-refractivity contribution < 1.29 is 14.4 Å². The third-order valence-corrected chi connectivity index (χ3v) is 0.992. The molecule has 9 heavy (non-hydrogen) atoms. The van der Waals surface area contributed by atoms with Gasteiger partial charge in [0.05, 0.1) is 12.7 Å². The van der Waals surface area contributed by atoms with Crippen LogP contribution < -0.4 is 5.48 Å². The predicted octanol–water partition coefficient (Wildman–Crippen LogP) is -0.422. The molecule has 0 aromatic rings. The van der Waals surface area contributed by atoms with E-state index in [0.29, 0.717) is 5.57 Å². The van der Waals surface area contributed by atoms with Crippen molar-refractivity contribution in [3.8, 4) is 0 Å². The molecule has 1 heterocycles. The summed E-state index contributed by atoms with van der Waals surface area (Å²) in [6.07, 6.45) is 1.48. The Hall–Kier alpha value is -1.03. The highest BCUT2D eigenvalue weighted by Crippen LogP contribution is 2.00. The summed E-state index contributed by atoms with van der Waals surface area (Å²) in [5.74, 6) is -0.347. The molecule has 0 aromatic carbocycles. The molecule has 0 fully saturated rings. The van der Waals surface area contributed by atoms with Crippen molar-refractivity contribution in [1.82, 2.24) is 5.48 Å². The molecule has 1 aliphatic heterocycles. The van der Waals surface area contributed by atoms with E-state index in [1.165, 1.54) is 13.3 Å². The van der Waals surface area contributed by atoms with E-state index in [1.807, 2.05) is 0 Å². The highest BCUT2D eigenvalue weighted by Gasteiger charge is 2.13. The lowest BCUT2D eigenvalue weighted by Crippen LogP contribution is -2.05. The fourth-order valence-corrected chi connectivity index (χ4v) is 0.523. The molecule has 0 aromatic heterocycles. The average Bonchev–Trinajstić information content (AvgIpc) is 2.37. The van der Waals surface area contributed by atoms with Gasteiger partial charge < -0.3 is 4.74 Å². The van der Waals surface area contributed by atoms with E-state index >= 15 is 0 Å². The Morgan fingerprint density at radius 2 is 2.78 bits per heavy atom. The number of rotatable bonds is 1. The predicted molar refractivity (Wildman–Crippen MR) is 29.2 cm³/mol. The number of nitrogens with one attached hydrogen (secondary N) is 1. The molecule has 1 aliphatic rings. The van der Waals surface area contributed by atoms with Gasteiger partial charge in [-0.25, -0.2) is 4.79 Å². The summed E-state index contributed by atoms with van der Waals surface area (Å²) < 4.78 is 4.41. The minimum Gasteiger partial charge on any atom is -0.466 e. The second kappa shape index (κ2) is 2.50. The number of ether oxygens (including phenoxy) is 1. The third-order valence-electron chi connectivity index (χ3n) is 0.992. The maximum atomic E-state index is 10.6. The number of carbonyl (C=O) groups is 1. The first-order chi connectivity index (χ1) is 4.34. The van der Waals surface area contributed by atoms with Gasteiger partial charge in [0.25, 0.3) is 0 Å². The summed E-state index contributed by atoms with van der Waals surface area (Å²) in [5, 5.41) is 0. The Labute approximate surface area is 52.4 Å². The number of hydrogen-bond donors (Lipinski definition) is 1. The van der Waals surface area contributed by atoms with Crippen molar-refractivity contribution in [2.24, 2.45) is 0 Å². The molecule has 4 nitrogen and oxygen atoms in total. The maximum absolute atomic E-state index is 10.6. The maximum Gasteiger partial charge on any atom is 0.337 e. The second-order valence-corrected chi connectivity index (χ2v) is 1.57. The van der Waals surface area contributed by atoms with Gasteiger partial charge in [0.2, 0.25) is 0 Å². The van der Waals surface area contributed by atoms with Crippen LogP contribution in [0.4, 0.5) is 0 Å². The molecule has 0 amide bonds. The number of esters is 1. The van der Waals surface area contributed by atoms with Crippen LogP contribution in [-0.4, -0.2) is 19.7 Å². The van der Waals surface area contributed by atoms with Crippen LogP contribution in [0.2, 0.25) is 0 Å². The quantitative estimate of drug-likeness (QED) is 0.488. The molecule has 0 bridgehead atoms. The topological polar surface area (TPSA) is 47.6 Å². The Morgan fingerprint density at radius 1 is 2.00 bits per heavy atom. The Bertz CT molecular complexity index is 152. The lowest BCUT2D eigenvalue weighted by molar-refractivity contribution is -0.136. The van der Waals surface area contributed by atoms with E-state index in [2.05, 4.69) is 15.1 Å². The zero-order chi connectivity index (χ0) is 6.69. The summed E-state index contributed by atoms with van der Waals surface area (Å²) in [7, 11) is 1.33. The van der Waals surface area contributed by atoms with Crippen molar-refractivity contribution in [1.29, 1.82) is 0 Å². The van der Waals surface area contributed by atoms with Gasteiger partial charge in [-0.1, -0.05) is 0 Å². The fourth-order valence-electron chi connectivity index (χ4n) is 0.523. The molecule has 0 saturated heterocycles. The molecular formula is C5H7NO3. The molecule has 4 heteroatoms. The average molecular weight is 129 g/mol. The smallest absolute Gasteiger partial charge is 0.337 e. The lowest BCUT2D eigenvalue weighted by Gasteiger charge is -1.93. The van der Waals surface area contributed by atoms with Gasteiger partial charge in [0, 0.05) is 6.20 Å². The first-order valence-electron chi connectivity index (χ1n) is 2.49. The number of carbonyl (C=O) groups excluding carboxylic acids is 1. The lowest BCUT2D eigenvalue weighted by atomic mass is 10.3. The minimum absolute atomic E-state index is 0.284. The highest BCUT2D eigenvalue weighted by molar-refractivity contribution is 5.88. The number of hydrogen-bond acceptors (Lipinski definition) is 4. The van der Waals surface area contributed by atoms with Crippen molar-refractivity contribution in [3.63, 3.8) is 0 Å². The van der Waals surface area contributed by atoms with Crippen molar-refractivity contribution in [2.75, 3.05) is 13.7 Å². The SMILES string of the molecule is COC(=O)C1=CNOC1. The van der Waals surface area contributed by atoms with Gasteiger partial charge in [-0.05, 0) is 0 Å². The molecule has 1 rings (SSSR count). The Balaban J connectivity index is 2.51. The van der Waals surface area contributed by atoms with Crippen LogP contribution in [0.3, 0.4) is 0 Å². The normalized spacial score (nSPS) is 16.3. The first-order valence-corrected chi connectivity index (χ1v) is 2.49. The zero-order valence-electron chi connectivity index (χ0n) is 5.01. The molecule has 0 unspecified atom stereocenters. The van der Waals surface area contributed by atoms with Crippen LogP contribution in [0.25, 0.3) is 0 Å². The number of methoxy groups -OCH3 is 1. The van der Waals surface area contributed by atoms with Gasteiger partial charge in [-0.2, -0.15) is 0 Å². The molecule has 1 N–H and O–H groups in total. The molecule has 0 atom stereocenters. The summed E-state index contributed by atoms with van der Waals surface area (Å²) in [5.41, 5.74) is 2.94. The van der Waals surface area contributed by atoms with E-state index in [4.69, 9.17) is 0 Å². The van der Waals surface area contributed by atoms with Crippen LogP contribution in [-0.2, 0) is 14.4 Å². The molecular weight excluding hydrogens is 122 g/mol. The van der Waals surface area contributed by atoms with Crippen LogP contribution in [0.15, 0.2) is 11.8 Å². The second-order valence-electron chi connectivity index (χ2n) is 1.57. The first kappa shape index (κ1) is 6.10. The summed E-state index contributed by atoms with van der Waals surface area (Å²) in [6.45, 7) is 0.284. The highest BCUT2D eigenvalue weighted by atomic mass is 16.6. The van der Waals surface area contributed by atoms with Gasteiger partial charge in [0.15, 0.2) is 0 Å². The van der Waals surface area contributed by atoms with E-state index in [9.17, 15) is 4.79 Å². The van der Waals surface area contributed by atoms with E-state index in [-0.39, 0.29) is 12.6 Å². The Morgan fingerprint density at radius 3 is 3.22 bits per heavy atom. The summed E-state index contributed by atoms with van der Waals surface area (Å²) >= 11 is 0. The molecule has 0 spiro atoms. The van der Waals surface area contributed by atoms with Gasteiger partial charge in [-0.3, -0.25) is 10.3 Å². The minimum atomic E-state index is -0.347. The van der Waals surface area contributed by atoms with E-state index in [0.717, 1.165) is 0 Å². The zero-order valence-corrected chi connectivity index (χ0v) is 5.01. The van der Waals surface area contributed by atoms with Gasteiger partial charge in [-0.15, -0.1) is 0 Å². The van der Waals surface area contributed by atoms with Crippen LogP contribution in [0, 0.1) is 0 Å². The molecule has 0 saturated carbocycles. The van der Waals surface area contributed by atoms with Gasteiger partial charge >= 0.3 is 5.97 Å². The van der Waals surface area contributed by atoms with Crippen molar-refractivity contribution in [2.45, 2.75) is 0 Å².